The van der Waals surface area contributed by atoms with Gasteiger partial charge in [0, 0.05) is 12.6 Å². The van der Waals surface area contributed by atoms with Gasteiger partial charge in [-0.1, -0.05) is 25.0 Å². The molecule has 1 N–H and O–H groups in total. The second-order valence-corrected chi connectivity index (χ2v) is 6.28. The van der Waals surface area contributed by atoms with Crippen molar-refractivity contribution in [3.63, 3.8) is 0 Å². The van der Waals surface area contributed by atoms with Crippen molar-refractivity contribution in [2.24, 2.45) is 0 Å². The lowest BCUT2D eigenvalue weighted by Gasteiger charge is -2.25. The number of nitrogens with one attached hydrogen (secondary N) is 1. The van der Waals surface area contributed by atoms with E-state index in [-0.39, 0.29) is 18.0 Å². The highest BCUT2D eigenvalue weighted by molar-refractivity contribution is 5.81. The predicted octanol–water partition coefficient (Wildman–Crippen LogP) is 3.58. The lowest BCUT2D eigenvalue weighted by molar-refractivity contribution is -0.137. The molecule has 0 saturated heterocycles. The molecule has 1 atom stereocenters. The molecule has 1 aliphatic carbocycles. The number of carbonyl (C=O) groups is 1. The van der Waals surface area contributed by atoms with Gasteiger partial charge in [-0.15, -0.1) is 0 Å². The molecule has 0 aliphatic heterocycles. The number of nitrogens with zero attached hydrogens (tertiary/aromatic N) is 1. The zero-order valence-electron chi connectivity index (χ0n) is 13.5. The summed E-state index contributed by atoms with van der Waals surface area (Å²) >= 11 is 0. The zero-order valence-corrected chi connectivity index (χ0v) is 13.5. The highest BCUT2D eigenvalue weighted by atomic mass is 19.4. The van der Waals surface area contributed by atoms with Crippen LogP contribution in [0.3, 0.4) is 0 Å². The summed E-state index contributed by atoms with van der Waals surface area (Å²) < 4.78 is 37.6. The van der Waals surface area contributed by atoms with Crippen molar-refractivity contribution in [3.05, 3.63) is 35.4 Å². The third-order valence-electron chi connectivity index (χ3n) is 4.46. The summed E-state index contributed by atoms with van der Waals surface area (Å²) in [6.45, 7) is 2.24. The van der Waals surface area contributed by atoms with Gasteiger partial charge in [0.25, 0.3) is 0 Å². The lowest BCUT2D eigenvalue weighted by Crippen LogP contribution is -2.46. The van der Waals surface area contributed by atoms with Crippen molar-refractivity contribution in [2.45, 2.75) is 57.4 Å². The molecule has 1 aromatic carbocycles. The zero-order chi connectivity index (χ0) is 17.0. The first-order chi connectivity index (χ1) is 10.8. The van der Waals surface area contributed by atoms with E-state index in [2.05, 4.69) is 5.32 Å². The van der Waals surface area contributed by atoms with Crippen LogP contribution in [-0.4, -0.2) is 29.9 Å². The van der Waals surface area contributed by atoms with Gasteiger partial charge in [-0.25, -0.2) is 0 Å². The van der Waals surface area contributed by atoms with Gasteiger partial charge in [0.2, 0.25) is 5.91 Å². The summed E-state index contributed by atoms with van der Waals surface area (Å²) in [5, 5.41) is 3.04. The van der Waals surface area contributed by atoms with E-state index in [1.807, 2.05) is 11.8 Å². The van der Waals surface area contributed by atoms with Gasteiger partial charge < -0.3 is 5.32 Å². The summed E-state index contributed by atoms with van der Waals surface area (Å²) in [6.07, 6.45) is 0.0441. The van der Waals surface area contributed by atoms with Crippen LogP contribution in [0.15, 0.2) is 24.3 Å². The fraction of sp³-hybridized carbons (Fsp3) is 0.588. The molecule has 6 heteroatoms. The van der Waals surface area contributed by atoms with Crippen molar-refractivity contribution in [3.8, 4) is 0 Å². The molecule has 23 heavy (non-hydrogen) atoms. The van der Waals surface area contributed by atoms with Crippen LogP contribution < -0.4 is 5.32 Å². The SMILES string of the molecule is C[C@@H](C(=O)NC1CCCC1)N(C)Cc1ccc(C(F)(F)F)cc1. The highest BCUT2D eigenvalue weighted by Crippen LogP contribution is 2.29. The lowest BCUT2D eigenvalue weighted by atomic mass is 10.1. The molecule has 0 radical (unpaired) electrons. The molecular weight excluding hydrogens is 305 g/mol. The third kappa shape index (κ3) is 4.96. The molecular formula is C17H23F3N2O. The molecule has 3 nitrogen and oxygen atoms in total. The molecule has 1 aromatic rings. The Balaban J connectivity index is 1.89. The summed E-state index contributed by atoms with van der Waals surface area (Å²) in [5.74, 6) is -0.0219. The molecule has 0 bridgehead atoms. The summed E-state index contributed by atoms with van der Waals surface area (Å²) in [6, 6.07) is 5.02. The number of hydrogen-bond donors (Lipinski definition) is 1. The van der Waals surface area contributed by atoms with Gasteiger partial charge in [0.05, 0.1) is 11.6 Å². The number of amides is 1. The van der Waals surface area contributed by atoms with E-state index in [0.29, 0.717) is 6.54 Å². The number of halogens is 3. The molecule has 0 aromatic heterocycles. The van der Waals surface area contributed by atoms with E-state index in [0.717, 1.165) is 43.4 Å². The fourth-order valence-electron chi connectivity index (χ4n) is 2.82. The molecule has 1 aliphatic rings. The van der Waals surface area contributed by atoms with E-state index in [4.69, 9.17) is 0 Å². The molecule has 1 amide bonds. The van der Waals surface area contributed by atoms with Crippen molar-refractivity contribution < 1.29 is 18.0 Å². The topological polar surface area (TPSA) is 32.3 Å². The minimum absolute atomic E-state index is 0.0219. The van der Waals surface area contributed by atoms with Gasteiger partial charge in [-0.05, 0) is 44.5 Å². The summed E-state index contributed by atoms with van der Waals surface area (Å²) in [5.41, 5.74) is 0.0944. The fourth-order valence-corrected chi connectivity index (χ4v) is 2.82. The number of benzene rings is 1. The second kappa shape index (κ2) is 7.34. The highest BCUT2D eigenvalue weighted by Gasteiger charge is 2.30. The number of alkyl halides is 3. The first kappa shape index (κ1) is 17.8. The maximum Gasteiger partial charge on any atom is 0.416 e. The molecule has 1 saturated carbocycles. The first-order valence-electron chi connectivity index (χ1n) is 7.94. The number of carbonyl (C=O) groups excluding carboxylic acids is 1. The van der Waals surface area contributed by atoms with Crippen LogP contribution in [0.2, 0.25) is 0 Å². The standard InChI is InChI=1S/C17H23F3N2O/c1-12(16(23)21-15-5-3-4-6-15)22(2)11-13-7-9-14(10-8-13)17(18,19)20/h7-10,12,15H,3-6,11H2,1-2H3,(H,21,23)/t12-/m0/s1. The number of rotatable bonds is 5. The van der Waals surface area contributed by atoms with Crippen LogP contribution >= 0.6 is 0 Å². The van der Waals surface area contributed by atoms with Crippen LogP contribution in [0.1, 0.15) is 43.7 Å². The van der Waals surface area contributed by atoms with Crippen LogP contribution in [0.4, 0.5) is 13.2 Å². The second-order valence-electron chi connectivity index (χ2n) is 6.28. The van der Waals surface area contributed by atoms with Gasteiger partial charge in [0.1, 0.15) is 0 Å². The Hall–Kier alpha value is -1.56. The molecule has 0 unspecified atom stereocenters. The smallest absolute Gasteiger partial charge is 0.352 e. The quantitative estimate of drug-likeness (QED) is 0.896. The van der Waals surface area contributed by atoms with E-state index in [9.17, 15) is 18.0 Å². The minimum Gasteiger partial charge on any atom is -0.352 e. The molecule has 0 heterocycles. The van der Waals surface area contributed by atoms with Crippen molar-refractivity contribution in [1.29, 1.82) is 0 Å². The average Bonchev–Trinajstić information content (AvgIpc) is 2.98. The molecule has 0 spiro atoms. The first-order valence-corrected chi connectivity index (χ1v) is 7.94. The Labute approximate surface area is 134 Å². The van der Waals surface area contributed by atoms with E-state index < -0.39 is 11.7 Å². The van der Waals surface area contributed by atoms with Crippen molar-refractivity contribution in [2.75, 3.05) is 7.05 Å². The van der Waals surface area contributed by atoms with Crippen LogP contribution in [-0.2, 0) is 17.5 Å². The van der Waals surface area contributed by atoms with Gasteiger partial charge >= 0.3 is 6.18 Å². The number of likely N-dealkylation sites (N-methyl/N-ethyl adjacent to an activating group) is 1. The van der Waals surface area contributed by atoms with Crippen LogP contribution in [0.25, 0.3) is 0 Å². The predicted molar refractivity (Wildman–Crippen MR) is 82.8 cm³/mol. The van der Waals surface area contributed by atoms with Crippen LogP contribution in [0, 0.1) is 0 Å². The Bertz CT molecular complexity index is 522. The van der Waals surface area contributed by atoms with E-state index >= 15 is 0 Å². The Morgan fingerprint density at radius 2 is 1.83 bits per heavy atom. The summed E-state index contributed by atoms with van der Waals surface area (Å²) in [7, 11) is 1.80. The molecule has 2 rings (SSSR count). The Morgan fingerprint density at radius 3 is 2.35 bits per heavy atom. The Morgan fingerprint density at radius 1 is 1.26 bits per heavy atom. The average molecular weight is 328 g/mol. The van der Waals surface area contributed by atoms with Crippen LogP contribution in [0.5, 0.6) is 0 Å². The van der Waals surface area contributed by atoms with E-state index in [1.54, 1.807) is 7.05 Å². The van der Waals surface area contributed by atoms with Gasteiger partial charge in [-0.3, -0.25) is 9.69 Å². The van der Waals surface area contributed by atoms with Gasteiger partial charge in [0.15, 0.2) is 0 Å². The van der Waals surface area contributed by atoms with Crippen molar-refractivity contribution >= 4 is 5.91 Å². The maximum absolute atomic E-state index is 12.5. The normalized spacial score (nSPS) is 17.5. The van der Waals surface area contributed by atoms with Gasteiger partial charge in [-0.2, -0.15) is 13.2 Å². The largest absolute Gasteiger partial charge is 0.416 e. The third-order valence-corrected chi connectivity index (χ3v) is 4.46. The molecule has 1 fully saturated rings. The van der Waals surface area contributed by atoms with Crippen molar-refractivity contribution in [1.82, 2.24) is 10.2 Å². The monoisotopic (exact) mass is 328 g/mol. The Kier molecular flexibility index (Phi) is 5.68. The number of hydrogen-bond acceptors (Lipinski definition) is 2. The van der Waals surface area contributed by atoms with E-state index in [1.165, 1.54) is 12.1 Å². The molecule has 128 valence electrons. The minimum atomic E-state index is -4.32. The maximum atomic E-state index is 12.5. The summed E-state index contributed by atoms with van der Waals surface area (Å²) in [4.78, 5) is 14.1.